The van der Waals surface area contributed by atoms with Crippen molar-refractivity contribution < 1.29 is 10.0 Å². The van der Waals surface area contributed by atoms with Gasteiger partial charge in [-0.1, -0.05) is 54.6 Å². The van der Waals surface area contributed by atoms with Crippen molar-refractivity contribution >= 4 is 40.2 Å². The Morgan fingerprint density at radius 3 is 2.48 bits per heavy atom. The van der Waals surface area contributed by atoms with Crippen LogP contribution in [0.4, 0.5) is 5.82 Å². The third-order valence-corrected chi connectivity index (χ3v) is 5.87. The first kappa shape index (κ1) is 21.1. The van der Waals surface area contributed by atoms with E-state index in [1.807, 2.05) is 66.1 Å². The van der Waals surface area contributed by atoms with Crippen molar-refractivity contribution in [1.29, 1.82) is 0 Å². The molecule has 0 atom stereocenters. The fraction of sp³-hybridized carbons (Fsp3) is 0.120. The van der Waals surface area contributed by atoms with E-state index in [1.54, 1.807) is 12.1 Å². The molecule has 7 nitrogen and oxygen atoms in total. The number of aromatic nitrogens is 3. The Balaban J connectivity index is 1.72. The van der Waals surface area contributed by atoms with Crippen molar-refractivity contribution in [2.24, 2.45) is 5.73 Å². The van der Waals surface area contributed by atoms with Crippen LogP contribution in [-0.2, 0) is 13.1 Å². The fourth-order valence-electron chi connectivity index (χ4n) is 4.26. The number of hydrogen-bond donors (Lipinski definition) is 4. The minimum absolute atomic E-state index is 0.329. The number of para-hydroxylation sites is 1. The van der Waals surface area contributed by atoms with Gasteiger partial charge < -0.3 is 21.1 Å². The molecular weight excluding hydrogens is 413 g/mol. The zero-order valence-corrected chi connectivity index (χ0v) is 18.2. The second-order valence-electron chi connectivity index (χ2n) is 8.00. The maximum absolute atomic E-state index is 9.99. The minimum atomic E-state index is -1.65. The lowest BCUT2D eigenvalue weighted by Crippen LogP contribution is -2.31. The summed E-state index contributed by atoms with van der Waals surface area (Å²) in [6, 6.07) is 23.4. The molecule has 0 spiro atoms. The van der Waals surface area contributed by atoms with Crippen LogP contribution in [0.3, 0.4) is 0 Å². The van der Waals surface area contributed by atoms with Crippen LogP contribution in [0.2, 0.25) is 0 Å². The zero-order chi connectivity index (χ0) is 22.9. The lowest BCUT2D eigenvalue weighted by molar-refractivity contribution is 0.426. The molecule has 5 rings (SSSR count). The van der Waals surface area contributed by atoms with Crippen LogP contribution >= 0.6 is 0 Å². The van der Waals surface area contributed by atoms with E-state index in [9.17, 15) is 10.0 Å². The number of rotatable bonds is 6. The van der Waals surface area contributed by atoms with Crippen LogP contribution in [0.1, 0.15) is 16.8 Å². The van der Waals surface area contributed by atoms with E-state index >= 15 is 0 Å². The Morgan fingerprint density at radius 2 is 1.73 bits per heavy atom. The summed E-state index contributed by atoms with van der Waals surface area (Å²) in [7, 11) is -1.65. The van der Waals surface area contributed by atoms with Gasteiger partial charge in [0.05, 0.1) is 11.0 Å². The number of nitrogens with two attached hydrogens (primary N) is 1. The maximum atomic E-state index is 9.99. The van der Waals surface area contributed by atoms with Crippen molar-refractivity contribution in [3.63, 3.8) is 0 Å². The summed E-state index contributed by atoms with van der Waals surface area (Å²) < 4.78 is 1.97. The second kappa shape index (κ2) is 8.67. The lowest BCUT2D eigenvalue weighted by Gasteiger charge is -2.15. The number of fused-ring (bicyclic) bond motifs is 2. The normalized spacial score (nSPS) is 11.3. The Labute approximate surface area is 191 Å². The average molecular weight is 437 g/mol. The van der Waals surface area contributed by atoms with E-state index in [-0.39, 0.29) is 0 Å². The topological polar surface area (TPSA) is 109 Å². The molecule has 0 fully saturated rings. The first-order valence-electron chi connectivity index (χ1n) is 10.8. The predicted octanol–water partition coefficient (Wildman–Crippen LogP) is 2.63. The molecule has 8 heteroatoms. The second-order valence-corrected chi connectivity index (χ2v) is 8.00. The maximum Gasteiger partial charge on any atom is 0.490 e. The van der Waals surface area contributed by atoms with Gasteiger partial charge in [0, 0.05) is 35.0 Å². The Kier molecular flexibility index (Phi) is 5.56. The summed E-state index contributed by atoms with van der Waals surface area (Å²) >= 11 is 0. The standard InChI is InChI=1S/C25H24BN5O2/c1-16-13-20-18(14-27)9-5-12-22(20)31(16)25-29-23-19(10-6-11-21(23)26(32)33)24(30-25)28-15-17-7-3-2-4-8-17/h2-13,32-33H,14-15,27H2,1H3,(H,28,29,30). The van der Waals surface area contributed by atoms with E-state index < -0.39 is 7.12 Å². The Morgan fingerprint density at radius 1 is 0.939 bits per heavy atom. The fourth-order valence-corrected chi connectivity index (χ4v) is 4.26. The van der Waals surface area contributed by atoms with Crippen molar-refractivity contribution in [2.45, 2.75) is 20.0 Å². The predicted molar refractivity (Wildman–Crippen MR) is 133 cm³/mol. The summed E-state index contributed by atoms with van der Waals surface area (Å²) in [5, 5.41) is 25.2. The van der Waals surface area contributed by atoms with Gasteiger partial charge in [0.25, 0.3) is 0 Å². The highest BCUT2D eigenvalue weighted by Gasteiger charge is 2.20. The van der Waals surface area contributed by atoms with Crippen LogP contribution in [0.25, 0.3) is 27.8 Å². The van der Waals surface area contributed by atoms with E-state index in [2.05, 4.69) is 11.4 Å². The van der Waals surface area contributed by atoms with Crippen LogP contribution in [0.15, 0.2) is 72.8 Å². The molecule has 164 valence electrons. The summed E-state index contributed by atoms with van der Waals surface area (Å²) in [6.07, 6.45) is 0. The number of hydrogen-bond acceptors (Lipinski definition) is 6. The number of nitrogens with one attached hydrogen (secondary N) is 1. The van der Waals surface area contributed by atoms with Crippen molar-refractivity contribution in [3.8, 4) is 5.95 Å². The van der Waals surface area contributed by atoms with Gasteiger partial charge in [-0.05, 0) is 36.2 Å². The largest absolute Gasteiger partial charge is 0.490 e. The molecule has 0 saturated heterocycles. The van der Waals surface area contributed by atoms with Gasteiger partial charge in [-0.25, -0.2) is 4.98 Å². The molecule has 3 aromatic carbocycles. The minimum Gasteiger partial charge on any atom is -0.423 e. The Bertz CT molecular complexity index is 1450. The van der Waals surface area contributed by atoms with Gasteiger partial charge in [-0.15, -0.1) is 0 Å². The highest BCUT2D eigenvalue weighted by molar-refractivity contribution is 6.61. The summed E-state index contributed by atoms with van der Waals surface area (Å²) in [4.78, 5) is 9.65. The monoisotopic (exact) mass is 437 g/mol. The van der Waals surface area contributed by atoms with E-state index in [1.165, 1.54) is 0 Å². The van der Waals surface area contributed by atoms with Gasteiger partial charge >= 0.3 is 7.12 Å². The summed E-state index contributed by atoms with van der Waals surface area (Å²) in [5.74, 6) is 1.07. The average Bonchev–Trinajstić information content (AvgIpc) is 3.18. The van der Waals surface area contributed by atoms with Crippen molar-refractivity contribution in [1.82, 2.24) is 14.5 Å². The molecule has 0 radical (unpaired) electrons. The molecule has 2 heterocycles. The summed E-state index contributed by atoms with van der Waals surface area (Å²) in [5.41, 5.74) is 10.8. The molecule has 0 amide bonds. The van der Waals surface area contributed by atoms with Gasteiger partial charge in [0.15, 0.2) is 0 Å². The molecule has 2 aromatic heterocycles. The quantitative estimate of drug-likeness (QED) is 0.304. The number of aryl methyl sites for hydroxylation is 1. The first-order valence-corrected chi connectivity index (χ1v) is 10.8. The van der Waals surface area contributed by atoms with Crippen molar-refractivity contribution in [3.05, 3.63) is 89.6 Å². The Hall–Kier alpha value is -3.72. The molecule has 0 saturated carbocycles. The molecular formula is C25H24BN5O2. The van der Waals surface area contributed by atoms with Crippen LogP contribution < -0.4 is 16.5 Å². The van der Waals surface area contributed by atoms with Gasteiger partial charge in [-0.3, -0.25) is 4.57 Å². The third-order valence-electron chi connectivity index (χ3n) is 5.87. The molecule has 0 aliphatic rings. The van der Waals surface area contributed by atoms with Gasteiger partial charge in [-0.2, -0.15) is 4.98 Å². The molecule has 0 aliphatic carbocycles. The SMILES string of the molecule is Cc1cc2c(CN)cccc2n1-c1nc(NCc2ccccc2)c2cccc(B(O)O)c2n1. The van der Waals surface area contributed by atoms with Gasteiger partial charge in [0.2, 0.25) is 5.95 Å². The highest BCUT2D eigenvalue weighted by Crippen LogP contribution is 2.28. The van der Waals surface area contributed by atoms with E-state index in [4.69, 9.17) is 15.7 Å². The number of nitrogens with zero attached hydrogens (tertiary/aromatic N) is 3. The van der Waals surface area contributed by atoms with E-state index in [0.29, 0.717) is 35.8 Å². The molecule has 33 heavy (non-hydrogen) atoms. The smallest absolute Gasteiger partial charge is 0.423 e. The summed E-state index contributed by atoms with van der Waals surface area (Å²) in [6.45, 7) is 3.00. The molecule has 0 aliphatic heterocycles. The third kappa shape index (κ3) is 3.85. The van der Waals surface area contributed by atoms with Crippen LogP contribution in [0.5, 0.6) is 0 Å². The van der Waals surface area contributed by atoms with Crippen molar-refractivity contribution in [2.75, 3.05) is 5.32 Å². The molecule has 5 aromatic rings. The highest BCUT2D eigenvalue weighted by atomic mass is 16.4. The first-order chi connectivity index (χ1) is 16.1. The van der Waals surface area contributed by atoms with Crippen LogP contribution in [-0.4, -0.2) is 31.7 Å². The van der Waals surface area contributed by atoms with Gasteiger partial charge in [0.1, 0.15) is 5.82 Å². The van der Waals surface area contributed by atoms with Crippen LogP contribution in [0, 0.1) is 6.92 Å². The molecule has 0 bridgehead atoms. The van der Waals surface area contributed by atoms with E-state index in [0.717, 1.165) is 33.1 Å². The zero-order valence-electron chi connectivity index (χ0n) is 18.2. The number of benzene rings is 3. The number of anilines is 1. The lowest BCUT2D eigenvalue weighted by atomic mass is 9.79. The molecule has 5 N–H and O–H groups in total. The molecule has 0 unspecified atom stereocenters.